The van der Waals surface area contributed by atoms with Gasteiger partial charge < -0.3 is 5.32 Å². The summed E-state index contributed by atoms with van der Waals surface area (Å²) in [6.07, 6.45) is 5.15. The van der Waals surface area contributed by atoms with Gasteiger partial charge in [0, 0.05) is 30.2 Å². The van der Waals surface area contributed by atoms with E-state index in [1.807, 2.05) is 24.3 Å². The second-order valence-electron chi connectivity index (χ2n) is 5.57. The Bertz CT molecular complexity index is 654. The Hall–Kier alpha value is -1.52. The lowest BCUT2D eigenvalue weighted by Gasteiger charge is -2.05. The lowest BCUT2D eigenvalue weighted by Crippen LogP contribution is -2.27. The molecule has 1 saturated carbocycles. The van der Waals surface area contributed by atoms with Gasteiger partial charge in [0.05, 0.1) is 11.2 Å². The minimum absolute atomic E-state index is 0.0975. The van der Waals surface area contributed by atoms with E-state index in [1.54, 1.807) is 17.1 Å². The zero-order chi connectivity index (χ0) is 15.5. The van der Waals surface area contributed by atoms with Gasteiger partial charge in [-0.25, -0.2) is 0 Å². The minimum Gasteiger partial charge on any atom is -0.356 e. The lowest BCUT2D eigenvalue weighted by molar-refractivity contribution is -0.122. The highest BCUT2D eigenvalue weighted by Gasteiger charge is 2.43. The van der Waals surface area contributed by atoms with Crippen molar-refractivity contribution in [1.82, 2.24) is 15.1 Å². The summed E-state index contributed by atoms with van der Waals surface area (Å²) in [4.78, 5) is 12.1. The van der Waals surface area contributed by atoms with E-state index in [2.05, 4.69) is 10.4 Å². The maximum atomic E-state index is 12.1. The van der Waals surface area contributed by atoms with Crippen molar-refractivity contribution >= 4 is 29.1 Å². The molecule has 1 aliphatic carbocycles. The summed E-state index contributed by atoms with van der Waals surface area (Å²) in [5.41, 5.74) is 1.19. The Labute approximate surface area is 139 Å². The molecule has 1 aromatic carbocycles. The van der Waals surface area contributed by atoms with Crippen LogP contribution >= 0.6 is 23.2 Å². The first-order valence-corrected chi connectivity index (χ1v) is 8.10. The van der Waals surface area contributed by atoms with E-state index >= 15 is 0 Å². The Balaban J connectivity index is 1.39. The molecule has 22 heavy (non-hydrogen) atoms. The highest BCUT2D eigenvalue weighted by Crippen LogP contribution is 2.47. The molecule has 2 atom stereocenters. The van der Waals surface area contributed by atoms with E-state index in [4.69, 9.17) is 23.2 Å². The number of aromatic nitrogens is 2. The molecule has 1 aromatic heterocycles. The summed E-state index contributed by atoms with van der Waals surface area (Å²) in [6, 6.07) is 7.75. The van der Waals surface area contributed by atoms with Crippen molar-refractivity contribution < 1.29 is 4.79 Å². The molecule has 1 fully saturated rings. The van der Waals surface area contributed by atoms with Crippen LogP contribution in [0.4, 0.5) is 0 Å². The van der Waals surface area contributed by atoms with E-state index in [0.717, 1.165) is 24.4 Å². The number of hydrogen-bond donors (Lipinski definition) is 1. The normalized spacial score (nSPS) is 19.9. The third kappa shape index (κ3) is 3.81. The Morgan fingerprint density at radius 1 is 1.27 bits per heavy atom. The number of aryl methyl sites for hydroxylation is 1. The molecule has 1 aliphatic rings. The minimum atomic E-state index is 0.0975. The molecule has 0 spiro atoms. The summed E-state index contributed by atoms with van der Waals surface area (Å²) in [5.74, 6) is 0.570. The molecule has 2 unspecified atom stereocenters. The standard InChI is InChI=1S/C16H17Cl2N3O/c17-12-4-2-11(3-5-12)14-8-15(14)16(22)19-6-1-7-21-10-13(18)9-20-21/h2-5,9-10,14-15H,1,6-8H2,(H,19,22). The number of carbonyl (C=O) groups is 1. The van der Waals surface area contributed by atoms with Gasteiger partial charge in [-0.3, -0.25) is 9.48 Å². The second kappa shape index (κ2) is 6.71. The summed E-state index contributed by atoms with van der Waals surface area (Å²) in [5, 5.41) is 8.45. The van der Waals surface area contributed by atoms with Crippen LogP contribution in [0.3, 0.4) is 0 Å². The molecule has 0 radical (unpaired) electrons. The quantitative estimate of drug-likeness (QED) is 0.820. The third-order valence-corrected chi connectivity index (χ3v) is 4.34. The smallest absolute Gasteiger partial charge is 0.223 e. The molecular formula is C16H17Cl2N3O. The molecule has 3 rings (SSSR count). The van der Waals surface area contributed by atoms with Gasteiger partial charge in [0.25, 0.3) is 0 Å². The Morgan fingerprint density at radius 2 is 2.05 bits per heavy atom. The summed E-state index contributed by atoms with van der Waals surface area (Å²) in [7, 11) is 0. The number of benzene rings is 1. The third-order valence-electron chi connectivity index (χ3n) is 3.89. The maximum absolute atomic E-state index is 12.1. The van der Waals surface area contributed by atoms with Crippen LogP contribution in [0.1, 0.15) is 24.3 Å². The van der Waals surface area contributed by atoms with E-state index in [9.17, 15) is 4.79 Å². The topological polar surface area (TPSA) is 46.9 Å². The number of amides is 1. The zero-order valence-corrected chi connectivity index (χ0v) is 13.5. The van der Waals surface area contributed by atoms with Crippen molar-refractivity contribution in [1.29, 1.82) is 0 Å². The summed E-state index contributed by atoms with van der Waals surface area (Å²) >= 11 is 11.7. The number of nitrogens with zero attached hydrogens (tertiary/aromatic N) is 2. The fourth-order valence-corrected chi connectivity index (χ4v) is 2.89. The van der Waals surface area contributed by atoms with E-state index in [0.29, 0.717) is 17.5 Å². The molecule has 6 heteroatoms. The van der Waals surface area contributed by atoms with Crippen LogP contribution in [0.2, 0.25) is 10.0 Å². The predicted molar refractivity (Wildman–Crippen MR) is 87.2 cm³/mol. The second-order valence-corrected chi connectivity index (χ2v) is 6.44. The summed E-state index contributed by atoms with van der Waals surface area (Å²) < 4.78 is 1.78. The van der Waals surface area contributed by atoms with Crippen molar-refractivity contribution in [2.45, 2.75) is 25.3 Å². The van der Waals surface area contributed by atoms with Gasteiger partial charge in [0.15, 0.2) is 0 Å². The van der Waals surface area contributed by atoms with Crippen LogP contribution in [-0.2, 0) is 11.3 Å². The van der Waals surface area contributed by atoms with Crippen LogP contribution in [0.15, 0.2) is 36.7 Å². The Morgan fingerprint density at radius 3 is 2.73 bits per heavy atom. The molecule has 0 aliphatic heterocycles. The molecular weight excluding hydrogens is 321 g/mol. The SMILES string of the molecule is O=C(NCCCn1cc(Cl)cn1)C1CC1c1ccc(Cl)cc1. The fraction of sp³-hybridized carbons (Fsp3) is 0.375. The molecule has 4 nitrogen and oxygen atoms in total. The number of rotatable bonds is 6. The molecule has 116 valence electrons. The average Bonchev–Trinajstić information content (AvgIpc) is 3.20. The first-order chi connectivity index (χ1) is 10.6. The highest BCUT2D eigenvalue weighted by molar-refractivity contribution is 6.30. The van der Waals surface area contributed by atoms with Crippen LogP contribution < -0.4 is 5.32 Å². The van der Waals surface area contributed by atoms with Gasteiger partial charge in [0.1, 0.15) is 0 Å². The van der Waals surface area contributed by atoms with E-state index in [1.165, 1.54) is 5.56 Å². The molecule has 1 amide bonds. The van der Waals surface area contributed by atoms with E-state index < -0.39 is 0 Å². The van der Waals surface area contributed by atoms with Crippen molar-refractivity contribution in [3.8, 4) is 0 Å². The molecule has 0 bridgehead atoms. The maximum Gasteiger partial charge on any atom is 0.223 e. The average molecular weight is 338 g/mol. The van der Waals surface area contributed by atoms with Crippen LogP contribution in [0.25, 0.3) is 0 Å². The van der Waals surface area contributed by atoms with Crippen LogP contribution in [-0.4, -0.2) is 22.2 Å². The number of carbonyl (C=O) groups excluding carboxylic acids is 1. The lowest BCUT2D eigenvalue weighted by atomic mass is 10.1. The first-order valence-electron chi connectivity index (χ1n) is 7.34. The largest absolute Gasteiger partial charge is 0.356 e. The predicted octanol–water partition coefficient (Wildman–Crippen LogP) is 3.50. The number of hydrogen-bond acceptors (Lipinski definition) is 2. The van der Waals surface area contributed by atoms with Gasteiger partial charge in [-0.05, 0) is 36.5 Å². The van der Waals surface area contributed by atoms with Crippen molar-refractivity contribution in [2.24, 2.45) is 5.92 Å². The van der Waals surface area contributed by atoms with Crippen molar-refractivity contribution in [3.63, 3.8) is 0 Å². The van der Waals surface area contributed by atoms with Gasteiger partial charge in [-0.2, -0.15) is 5.10 Å². The zero-order valence-electron chi connectivity index (χ0n) is 12.0. The van der Waals surface area contributed by atoms with Gasteiger partial charge >= 0.3 is 0 Å². The van der Waals surface area contributed by atoms with Crippen LogP contribution in [0.5, 0.6) is 0 Å². The Kier molecular flexibility index (Phi) is 4.69. The number of nitrogens with one attached hydrogen (secondary N) is 1. The molecule has 2 aromatic rings. The highest BCUT2D eigenvalue weighted by atomic mass is 35.5. The fourth-order valence-electron chi connectivity index (χ4n) is 2.61. The van der Waals surface area contributed by atoms with Gasteiger partial charge in [-0.15, -0.1) is 0 Å². The van der Waals surface area contributed by atoms with Crippen LogP contribution in [0, 0.1) is 5.92 Å². The van der Waals surface area contributed by atoms with Gasteiger partial charge in [0.2, 0.25) is 5.91 Å². The number of halogens is 2. The molecule has 0 saturated heterocycles. The van der Waals surface area contributed by atoms with E-state index in [-0.39, 0.29) is 11.8 Å². The monoisotopic (exact) mass is 337 g/mol. The van der Waals surface area contributed by atoms with Crippen molar-refractivity contribution in [2.75, 3.05) is 6.54 Å². The molecule has 1 heterocycles. The van der Waals surface area contributed by atoms with Gasteiger partial charge in [-0.1, -0.05) is 35.3 Å². The first kappa shape index (κ1) is 15.4. The molecule has 1 N–H and O–H groups in total. The summed E-state index contributed by atoms with van der Waals surface area (Å²) in [6.45, 7) is 1.40. The van der Waals surface area contributed by atoms with Crippen molar-refractivity contribution in [3.05, 3.63) is 52.3 Å².